The fourth-order valence-electron chi connectivity index (χ4n) is 2.42. The van der Waals surface area contributed by atoms with Crippen molar-refractivity contribution in [2.75, 3.05) is 6.61 Å². The molecule has 0 fully saturated rings. The van der Waals surface area contributed by atoms with Gasteiger partial charge in [-0.2, -0.15) is 0 Å². The lowest BCUT2D eigenvalue weighted by atomic mass is 10.2. The molecule has 3 nitrogen and oxygen atoms in total. The van der Waals surface area contributed by atoms with Gasteiger partial charge in [-0.15, -0.1) is 22.7 Å². The van der Waals surface area contributed by atoms with Gasteiger partial charge in [-0.3, -0.25) is 4.90 Å². The van der Waals surface area contributed by atoms with Crippen molar-refractivity contribution < 1.29 is 5.11 Å². The highest BCUT2D eigenvalue weighted by atomic mass is 32.1. The monoisotopic (exact) mass is 354 g/mol. The molecule has 1 N–H and O–H groups in total. The van der Waals surface area contributed by atoms with Crippen molar-refractivity contribution >= 4 is 22.7 Å². The predicted octanol–water partition coefficient (Wildman–Crippen LogP) is 3.75. The first-order chi connectivity index (χ1) is 11.8. The fraction of sp³-hybridized carbons (Fsp3) is 0.211. The van der Waals surface area contributed by atoms with Crippen LogP contribution in [0, 0.1) is 11.8 Å². The van der Waals surface area contributed by atoms with Gasteiger partial charge < -0.3 is 5.11 Å². The second-order valence-corrected chi connectivity index (χ2v) is 7.29. The zero-order chi connectivity index (χ0) is 16.6. The first-order valence-electron chi connectivity index (χ1n) is 7.65. The van der Waals surface area contributed by atoms with Crippen LogP contribution in [0.5, 0.6) is 0 Å². The topological polar surface area (TPSA) is 36.4 Å². The second-order valence-electron chi connectivity index (χ2n) is 5.32. The molecule has 0 aliphatic heterocycles. The minimum absolute atomic E-state index is 0.102. The van der Waals surface area contributed by atoms with Gasteiger partial charge in [0.2, 0.25) is 0 Å². The van der Waals surface area contributed by atoms with Crippen LogP contribution in [0.25, 0.3) is 0 Å². The molecule has 0 aliphatic rings. The quantitative estimate of drug-likeness (QED) is 0.685. The number of aliphatic hydroxyl groups excluding tert-OH is 1. The molecule has 3 aromatic rings. The number of aromatic nitrogens is 1. The summed E-state index contributed by atoms with van der Waals surface area (Å²) in [5.74, 6) is 5.66. The summed E-state index contributed by atoms with van der Waals surface area (Å²) in [6.07, 6.45) is 1.86. The van der Waals surface area contributed by atoms with Crippen LogP contribution in [0.3, 0.4) is 0 Å². The summed E-state index contributed by atoms with van der Waals surface area (Å²) in [6.45, 7) is 2.48. The molecule has 2 aromatic heterocycles. The summed E-state index contributed by atoms with van der Waals surface area (Å²) in [4.78, 5) is 8.08. The molecule has 0 unspecified atom stereocenters. The highest BCUT2D eigenvalue weighted by Crippen LogP contribution is 2.20. The Balaban J connectivity index is 1.72. The van der Waals surface area contributed by atoms with Gasteiger partial charge in [-0.05, 0) is 11.6 Å². The molecule has 1 aromatic carbocycles. The normalized spacial score (nSPS) is 10.6. The average molecular weight is 355 g/mol. The lowest BCUT2D eigenvalue weighted by Gasteiger charge is -2.20. The van der Waals surface area contributed by atoms with E-state index in [1.807, 2.05) is 23.0 Å². The van der Waals surface area contributed by atoms with E-state index in [2.05, 4.69) is 52.1 Å². The summed E-state index contributed by atoms with van der Waals surface area (Å²) in [6, 6.07) is 12.6. The molecule has 2 heterocycles. The Morgan fingerprint density at radius 3 is 2.71 bits per heavy atom. The van der Waals surface area contributed by atoms with E-state index in [0.717, 1.165) is 30.2 Å². The second kappa shape index (κ2) is 8.76. The lowest BCUT2D eigenvalue weighted by molar-refractivity contribution is 0.249. The van der Waals surface area contributed by atoms with Gasteiger partial charge in [0.05, 0.1) is 6.54 Å². The Morgan fingerprint density at radius 2 is 1.96 bits per heavy atom. The molecule has 0 radical (unpaired) electrons. The van der Waals surface area contributed by atoms with Gasteiger partial charge in [0.15, 0.2) is 0 Å². The van der Waals surface area contributed by atoms with Crippen LogP contribution < -0.4 is 0 Å². The number of aliphatic hydroxyl groups is 1. The molecule has 0 amide bonds. The lowest BCUT2D eigenvalue weighted by Crippen LogP contribution is -2.21. The minimum atomic E-state index is -0.102. The predicted molar refractivity (Wildman–Crippen MR) is 99.8 cm³/mol. The van der Waals surface area contributed by atoms with Crippen LogP contribution in [0.1, 0.15) is 21.0 Å². The van der Waals surface area contributed by atoms with E-state index in [0.29, 0.717) is 0 Å². The van der Waals surface area contributed by atoms with Crippen molar-refractivity contribution in [1.82, 2.24) is 9.88 Å². The molecule has 5 heteroatoms. The number of rotatable bonds is 6. The maximum Gasteiger partial charge on any atom is 0.107 e. The standard InChI is InChI=1S/C19H18N2OS2/c22-9-4-7-17-11-18(24-15-17)13-21(14-19-20-8-10-23-19)12-16-5-2-1-3-6-16/h1-3,5-6,8,10-11,15,22H,9,12-14H2. The molecule has 3 rings (SSSR count). The maximum absolute atomic E-state index is 8.80. The molecular weight excluding hydrogens is 336 g/mol. The van der Waals surface area contributed by atoms with E-state index in [1.165, 1.54) is 10.4 Å². The molecule has 0 aliphatic carbocycles. The van der Waals surface area contributed by atoms with Crippen LogP contribution in [-0.4, -0.2) is 21.6 Å². The number of benzene rings is 1. The van der Waals surface area contributed by atoms with Crippen LogP contribution in [-0.2, 0) is 19.6 Å². The van der Waals surface area contributed by atoms with E-state index in [1.54, 1.807) is 22.7 Å². The third-order valence-electron chi connectivity index (χ3n) is 3.44. The average Bonchev–Trinajstić information content (AvgIpc) is 3.26. The summed E-state index contributed by atoms with van der Waals surface area (Å²) >= 11 is 3.40. The van der Waals surface area contributed by atoms with E-state index in [4.69, 9.17) is 5.11 Å². The Morgan fingerprint density at radius 1 is 1.08 bits per heavy atom. The Bertz CT molecular complexity index is 801. The smallest absolute Gasteiger partial charge is 0.107 e. The molecular formula is C19H18N2OS2. The van der Waals surface area contributed by atoms with E-state index in [-0.39, 0.29) is 6.61 Å². The van der Waals surface area contributed by atoms with Crippen LogP contribution >= 0.6 is 22.7 Å². The van der Waals surface area contributed by atoms with Gasteiger partial charge in [-0.25, -0.2) is 4.98 Å². The van der Waals surface area contributed by atoms with E-state index in [9.17, 15) is 0 Å². The summed E-state index contributed by atoms with van der Waals surface area (Å²) in [5, 5.41) is 14.0. The molecule has 0 saturated carbocycles. The van der Waals surface area contributed by atoms with Crippen LogP contribution in [0.2, 0.25) is 0 Å². The van der Waals surface area contributed by atoms with Crippen molar-refractivity contribution in [3.8, 4) is 11.8 Å². The number of thiophene rings is 1. The molecule has 0 saturated heterocycles. The fourth-order valence-corrected chi connectivity index (χ4v) is 3.94. The third kappa shape index (κ3) is 5.02. The minimum Gasteiger partial charge on any atom is -0.384 e. The number of thiazole rings is 1. The molecule has 24 heavy (non-hydrogen) atoms. The van der Waals surface area contributed by atoms with Crippen molar-refractivity contribution in [2.24, 2.45) is 0 Å². The SMILES string of the molecule is OCC#Cc1csc(CN(Cc2ccccc2)Cc2nccs2)c1. The highest BCUT2D eigenvalue weighted by Gasteiger charge is 2.11. The first kappa shape index (κ1) is 16.9. The highest BCUT2D eigenvalue weighted by molar-refractivity contribution is 7.10. The summed E-state index contributed by atoms with van der Waals surface area (Å²) < 4.78 is 0. The van der Waals surface area contributed by atoms with Gasteiger partial charge in [0.25, 0.3) is 0 Å². The molecule has 0 spiro atoms. The van der Waals surface area contributed by atoms with Crippen molar-refractivity contribution in [3.05, 3.63) is 74.4 Å². The zero-order valence-corrected chi connectivity index (χ0v) is 14.8. The van der Waals surface area contributed by atoms with Crippen molar-refractivity contribution in [2.45, 2.75) is 19.6 Å². The third-order valence-corrected chi connectivity index (χ3v) is 5.12. The maximum atomic E-state index is 8.80. The van der Waals surface area contributed by atoms with Crippen molar-refractivity contribution in [3.63, 3.8) is 0 Å². The van der Waals surface area contributed by atoms with E-state index >= 15 is 0 Å². The van der Waals surface area contributed by atoms with E-state index < -0.39 is 0 Å². The van der Waals surface area contributed by atoms with Crippen LogP contribution in [0.4, 0.5) is 0 Å². The Kier molecular flexibility index (Phi) is 6.16. The Hall–Kier alpha value is -1.97. The molecule has 0 atom stereocenters. The largest absolute Gasteiger partial charge is 0.384 e. The van der Waals surface area contributed by atoms with Gasteiger partial charge in [0, 0.05) is 40.5 Å². The number of nitrogens with zero attached hydrogens (tertiary/aromatic N) is 2. The Labute approximate surface area is 150 Å². The zero-order valence-electron chi connectivity index (χ0n) is 13.2. The summed E-state index contributed by atoms with van der Waals surface area (Å²) in [7, 11) is 0. The molecule has 0 bridgehead atoms. The van der Waals surface area contributed by atoms with Gasteiger partial charge >= 0.3 is 0 Å². The number of hydrogen-bond donors (Lipinski definition) is 1. The molecule has 122 valence electrons. The van der Waals surface area contributed by atoms with Crippen LogP contribution in [0.15, 0.2) is 53.4 Å². The van der Waals surface area contributed by atoms with Gasteiger partial charge in [0.1, 0.15) is 11.6 Å². The number of hydrogen-bond acceptors (Lipinski definition) is 5. The summed E-state index contributed by atoms with van der Waals surface area (Å²) in [5.41, 5.74) is 2.27. The van der Waals surface area contributed by atoms with Crippen molar-refractivity contribution in [1.29, 1.82) is 0 Å². The first-order valence-corrected chi connectivity index (χ1v) is 9.41. The van der Waals surface area contributed by atoms with Gasteiger partial charge in [-0.1, -0.05) is 42.2 Å².